The van der Waals surface area contributed by atoms with Gasteiger partial charge in [0.05, 0.1) is 0 Å². The summed E-state index contributed by atoms with van der Waals surface area (Å²) in [4.78, 5) is 0. The van der Waals surface area contributed by atoms with E-state index in [-0.39, 0.29) is 0 Å². The van der Waals surface area contributed by atoms with Gasteiger partial charge in [-0.15, -0.1) is 0 Å². The Bertz CT molecular complexity index is 755. The third-order valence-electron chi connectivity index (χ3n) is 7.07. The highest BCUT2D eigenvalue weighted by Crippen LogP contribution is 2.37. The average Bonchev–Trinajstić information content (AvgIpc) is 2.75. The van der Waals surface area contributed by atoms with Gasteiger partial charge in [0.15, 0.2) is 0 Å². The van der Waals surface area contributed by atoms with Crippen LogP contribution in [0.25, 0.3) is 16.7 Å². The molecule has 0 spiro atoms. The maximum absolute atomic E-state index is 2.45. The molecule has 0 aromatic heterocycles. The van der Waals surface area contributed by atoms with Crippen molar-refractivity contribution in [2.75, 3.05) is 0 Å². The van der Waals surface area contributed by atoms with Crippen LogP contribution in [0.5, 0.6) is 0 Å². The molecule has 2 aliphatic carbocycles. The molecule has 0 N–H and O–H groups in total. The van der Waals surface area contributed by atoms with E-state index < -0.39 is 0 Å². The number of hydrogen-bond donors (Lipinski definition) is 0. The predicted octanol–water partition coefficient (Wildman–Crippen LogP) is 8.24. The van der Waals surface area contributed by atoms with E-state index in [1.807, 2.05) is 0 Å². The Morgan fingerprint density at radius 1 is 0.741 bits per heavy atom. The van der Waals surface area contributed by atoms with Crippen molar-refractivity contribution >= 4 is 5.57 Å². The Hall–Kier alpha value is -1.82. The second-order valence-electron chi connectivity index (χ2n) is 8.93. The van der Waals surface area contributed by atoms with Gasteiger partial charge in [-0.1, -0.05) is 74.9 Å². The van der Waals surface area contributed by atoms with Crippen LogP contribution in [0.1, 0.15) is 82.3 Å². The lowest BCUT2D eigenvalue weighted by Gasteiger charge is -2.28. The summed E-state index contributed by atoms with van der Waals surface area (Å²) in [6, 6.07) is 18.7. The second kappa shape index (κ2) is 8.46. The zero-order valence-corrected chi connectivity index (χ0v) is 17.1. The van der Waals surface area contributed by atoms with Crippen molar-refractivity contribution in [1.29, 1.82) is 0 Å². The molecule has 1 unspecified atom stereocenters. The van der Waals surface area contributed by atoms with Gasteiger partial charge in [0.1, 0.15) is 0 Å². The predicted molar refractivity (Wildman–Crippen MR) is 118 cm³/mol. The van der Waals surface area contributed by atoms with Crippen LogP contribution >= 0.6 is 0 Å². The molecule has 0 heterocycles. The maximum atomic E-state index is 2.45. The Balaban J connectivity index is 1.43. The molecule has 4 rings (SSSR count). The van der Waals surface area contributed by atoms with Gasteiger partial charge in [0.25, 0.3) is 0 Å². The van der Waals surface area contributed by atoms with Crippen LogP contribution in [0.2, 0.25) is 0 Å². The fraction of sp³-hybridized carbons (Fsp3) is 0.481. The lowest BCUT2D eigenvalue weighted by atomic mass is 9.77. The van der Waals surface area contributed by atoms with E-state index in [2.05, 4.69) is 68.5 Å². The molecule has 1 saturated carbocycles. The fourth-order valence-electron chi connectivity index (χ4n) is 4.96. The highest BCUT2D eigenvalue weighted by molar-refractivity contribution is 5.71. The molecule has 2 aromatic carbocycles. The van der Waals surface area contributed by atoms with E-state index in [1.165, 1.54) is 73.6 Å². The fourth-order valence-corrected chi connectivity index (χ4v) is 4.96. The van der Waals surface area contributed by atoms with Crippen molar-refractivity contribution in [2.45, 2.75) is 71.1 Å². The van der Waals surface area contributed by atoms with Gasteiger partial charge in [-0.2, -0.15) is 0 Å². The highest BCUT2D eigenvalue weighted by Gasteiger charge is 2.21. The average molecular weight is 359 g/mol. The van der Waals surface area contributed by atoms with Crippen LogP contribution in [0.3, 0.4) is 0 Å². The molecule has 0 amide bonds. The molecule has 0 saturated heterocycles. The van der Waals surface area contributed by atoms with E-state index >= 15 is 0 Å². The first-order valence-electron chi connectivity index (χ1n) is 11.1. The van der Waals surface area contributed by atoms with Gasteiger partial charge in [0.2, 0.25) is 0 Å². The SMILES string of the molecule is CCC1CCC(c2ccc(-c3ccc(C4=CCC(C)CC4)cc3)cc2)CC1. The van der Waals surface area contributed by atoms with E-state index in [0.717, 1.165) is 17.8 Å². The summed E-state index contributed by atoms with van der Waals surface area (Å²) < 4.78 is 0. The first-order valence-corrected chi connectivity index (χ1v) is 11.1. The van der Waals surface area contributed by atoms with Crippen molar-refractivity contribution in [3.8, 4) is 11.1 Å². The number of hydrogen-bond acceptors (Lipinski definition) is 0. The summed E-state index contributed by atoms with van der Waals surface area (Å²) >= 11 is 0. The third-order valence-corrected chi connectivity index (χ3v) is 7.07. The summed E-state index contributed by atoms with van der Waals surface area (Å²) in [5, 5.41) is 0. The Morgan fingerprint density at radius 2 is 1.33 bits per heavy atom. The lowest BCUT2D eigenvalue weighted by Crippen LogP contribution is -2.12. The van der Waals surface area contributed by atoms with E-state index in [0.29, 0.717) is 0 Å². The van der Waals surface area contributed by atoms with Crippen LogP contribution < -0.4 is 0 Å². The molecular formula is C27H34. The molecule has 2 aliphatic rings. The van der Waals surface area contributed by atoms with Gasteiger partial charge < -0.3 is 0 Å². The minimum atomic E-state index is 0.782. The largest absolute Gasteiger partial charge is 0.0805 e. The Labute approximate surface area is 165 Å². The van der Waals surface area contributed by atoms with Crippen molar-refractivity contribution in [2.24, 2.45) is 11.8 Å². The zero-order chi connectivity index (χ0) is 18.6. The van der Waals surface area contributed by atoms with Gasteiger partial charge >= 0.3 is 0 Å². The number of rotatable bonds is 4. The summed E-state index contributed by atoms with van der Waals surface area (Å²) in [5.74, 6) is 2.61. The summed E-state index contributed by atoms with van der Waals surface area (Å²) in [5.41, 5.74) is 7.18. The van der Waals surface area contributed by atoms with Gasteiger partial charge in [-0.3, -0.25) is 0 Å². The third kappa shape index (κ3) is 4.37. The minimum absolute atomic E-state index is 0.782. The van der Waals surface area contributed by atoms with Crippen LogP contribution in [0.15, 0.2) is 54.6 Å². The van der Waals surface area contributed by atoms with Crippen LogP contribution in [-0.2, 0) is 0 Å². The molecule has 0 nitrogen and oxygen atoms in total. The Kier molecular flexibility index (Phi) is 5.81. The van der Waals surface area contributed by atoms with Crippen molar-refractivity contribution in [1.82, 2.24) is 0 Å². The van der Waals surface area contributed by atoms with Gasteiger partial charge in [-0.25, -0.2) is 0 Å². The monoisotopic (exact) mass is 358 g/mol. The smallest absolute Gasteiger partial charge is 0.0162 e. The second-order valence-corrected chi connectivity index (χ2v) is 8.93. The molecule has 0 radical (unpaired) electrons. The van der Waals surface area contributed by atoms with Crippen molar-refractivity contribution in [3.63, 3.8) is 0 Å². The van der Waals surface area contributed by atoms with Gasteiger partial charge in [-0.05, 0) is 90.5 Å². The van der Waals surface area contributed by atoms with Crippen molar-refractivity contribution < 1.29 is 0 Å². The van der Waals surface area contributed by atoms with Crippen molar-refractivity contribution in [3.05, 3.63) is 65.7 Å². The summed E-state index contributed by atoms with van der Waals surface area (Å²) in [6.45, 7) is 4.70. The zero-order valence-electron chi connectivity index (χ0n) is 17.1. The highest BCUT2D eigenvalue weighted by atomic mass is 14.3. The molecule has 0 bridgehead atoms. The van der Waals surface area contributed by atoms with Crippen LogP contribution in [-0.4, -0.2) is 0 Å². The normalized spacial score (nSPS) is 25.9. The topological polar surface area (TPSA) is 0 Å². The molecule has 1 atom stereocenters. The molecule has 27 heavy (non-hydrogen) atoms. The summed E-state index contributed by atoms with van der Waals surface area (Å²) in [7, 11) is 0. The molecule has 0 aliphatic heterocycles. The first kappa shape index (κ1) is 18.5. The molecule has 1 fully saturated rings. The van der Waals surface area contributed by atoms with Gasteiger partial charge in [0, 0.05) is 0 Å². The van der Waals surface area contributed by atoms with Crippen LogP contribution in [0.4, 0.5) is 0 Å². The number of benzene rings is 2. The lowest BCUT2D eigenvalue weighted by molar-refractivity contribution is 0.319. The standard InChI is InChI=1S/C27H34/c1-3-21-6-10-23(11-7-21)25-14-18-27(19-15-25)26-16-12-24(13-17-26)22-8-4-20(2)5-9-22/h8,12-21,23H,3-7,9-11H2,1-2H3. The molecule has 2 aromatic rings. The number of allylic oxidation sites excluding steroid dienone is 2. The molecule has 0 heteroatoms. The molecule has 142 valence electrons. The summed E-state index contributed by atoms with van der Waals surface area (Å²) in [6.07, 6.45) is 13.2. The molecular weight excluding hydrogens is 324 g/mol. The van der Waals surface area contributed by atoms with Crippen LogP contribution in [0, 0.1) is 11.8 Å². The first-order chi connectivity index (χ1) is 13.2. The Morgan fingerprint density at radius 3 is 1.89 bits per heavy atom. The maximum Gasteiger partial charge on any atom is -0.0162 e. The van der Waals surface area contributed by atoms with E-state index in [9.17, 15) is 0 Å². The minimum Gasteiger partial charge on any atom is -0.0805 e. The van der Waals surface area contributed by atoms with E-state index in [1.54, 1.807) is 5.56 Å². The van der Waals surface area contributed by atoms with E-state index in [4.69, 9.17) is 0 Å². The quantitative estimate of drug-likeness (QED) is 0.516.